The average Bonchev–Trinajstić information content (AvgIpc) is 2.40. The molecular formula is C14H16Cl3NO. The summed E-state index contributed by atoms with van der Waals surface area (Å²) >= 11 is 18.2. The van der Waals surface area contributed by atoms with E-state index in [0.29, 0.717) is 28.1 Å². The molecule has 1 aromatic carbocycles. The highest BCUT2D eigenvalue weighted by atomic mass is 35.5. The van der Waals surface area contributed by atoms with E-state index in [-0.39, 0.29) is 11.3 Å². The molecule has 1 N–H and O–H groups in total. The van der Waals surface area contributed by atoms with Gasteiger partial charge in [0.1, 0.15) is 0 Å². The van der Waals surface area contributed by atoms with Gasteiger partial charge in [-0.25, -0.2) is 0 Å². The van der Waals surface area contributed by atoms with Crippen molar-refractivity contribution in [1.29, 1.82) is 0 Å². The number of alkyl halides is 1. The van der Waals surface area contributed by atoms with E-state index >= 15 is 0 Å². The van der Waals surface area contributed by atoms with E-state index in [1.165, 1.54) is 12.8 Å². The molecule has 1 aromatic rings. The van der Waals surface area contributed by atoms with E-state index in [0.717, 1.165) is 12.8 Å². The second-order valence-corrected chi connectivity index (χ2v) is 6.22. The van der Waals surface area contributed by atoms with E-state index in [9.17, 15) is 4.79 Å². The van der Waals surface area contributed by atoms with Gasteiger partial charge in [0, 0.05) is 11.9 Å². The Hall–Kier alpha value is -0.440. The van der Waals surface area contributed by atoms with Gasteiger partial charge in [0.05, 0.1) is 15.6 Å². The standard InChI is InChI=1S/C14H16Cl3NO/c15-11-6-2-1-4-9(11)8-18-14(19)10-5-3-7-12(16)13(10)17/h3,5,7,9,11H,1-2,4,6,8H2,(H,18,19). The summed E-state index contributed by atoms with van der Waals surface area (Å²) in [5.41, 5.74) is 0.413. The van der Waals surface area contributed by atoms with Gasteiger partial charge >= 0.3 is 0 Å². The van der Waals surface area contributed by atoms with Gasteiger partial charge in [-0.2, -0.15) is 0 Å². The number of nitrogens with one attached hydrogen (secondary N) is 1. The summed E-state index contributed by atoms with van der Waals surface area (Å²) in [5, 5.41) is 3.75. The predicted octanol–water partition coefficient (Wildman–Crippen LogP) is 4.52. The van der Waals surface area contributed by atoms with Crippen molar-refractivity contribution in [2.75, 3.05) is 6.54 Å². The second-order valence-electron chi connectivity index (χ2n) is 4.87. The molecule has 2 unspecified atom stereocenters. The fraction of sp³-hybridized carbons (Fsp3) is 0.500. The Balaban J connectivity index is 1.95. The Morgan fingerprint density at radius 2 is 2.00 bits per heavy atom. The van der Waals surface area contributed by atoms with E-state index in [2.05, 4.69) is 5.32 Å². The summed E-state index contributed by atoms with van der Waals surface area (Å²) in [6.07, 6.45) is 4.46. The zero-order valence-corrected chi connectivity index (χ0v) is 12.7. The topological polar surface area (TPSA) is 29.1 Å². The lowest BCUT2D eigenvalue weighted by molar-refractivity contribution is 0.0944. The van der Waals surface area contributed by atoms with Gasteiger partial charge in [0.15, 0.2) is 0 Å². The number of benzene rings is 1. The van der Waals surface area contributed by atoms with Crippen molar-refractivity contribution >= 4 is 40.7 Å². The van der Waals surface area contributed by atoms with E-state index in [1.54, 1.807) is 18.2 Å². The lowest BCUT2D eigenvalue weighted by atomic mass is 9.88. The number of hydrogen-bond acceptors (Lipinski definition) is 1. The molecule has 104 valence electrons. The van der Waals surface area contributed by atoms with Crippen LogP contribution >= 0.6 is 34.8 Å². The summed E-state index contributed by atoms with van der Waals surface area (Å²) in [6.45, 7) is 0.593. The second kappa shape index (κ2) is 6.83. The molecule has 1 fully saturated rings. The third kappa shape index (κ3) is 3.77. The van der Waals surface area contributed by atoms with Crippen LogP contribution in [0.1, 0.15) is 36.0 Å². The maximum Gasteiger partial charge on any atom is 0.252 e. The zero-order chi connectivity index (χ0) is 13.8. The third-order valence-corrected chi connectivity index (χ3v) is 4.93. The maximum atomic E-state index is 12.1. The number of rotatable bonds is 3. The van der Waals surface area contributed by atoms with Crippen LogP contribution in [0.25, 0.3) is 0 Å². The first-order valence-electron chi connectivity index (χ1n) is 6.46. The van der Waals surface area contributed by atoms with Gasteiger partial charge in [0.25, 0.3) is 5.91 Å². The van der Waals surface area contributed by atoms with Crippen LogP contribution in [0.4, 0.5) is 0 Å². The molecule has 0 saturated heterocycles. The Labute approximate surface area is 128 Å². The molecule has 0 heterocycles. The molecule has 2 atom stereocenters. The fourth-order valence-corrected chi connectivity index (χ4v) is 3.15. The van der Waals surface area contributed by atoms with Crippen molar-refractivity contribution in [3.05, 3.63) is 33.8 Å². The molecule has 0 radical (unpaired) electrons. The summed E-state index contributed by atoms with van der Waals surface area (Å²) in [5.74, 6) is 0.152. The molecule has 1 aliphatic carbocycles. The first-order chi connectivity index (χ1) is 9.09. The van der Waals surface area contributed by atoms with Crippen molar-refractivity contribution < 1.29 is 4.79 Å². The summed E-state index contributed by atoms with van der Waals surface area (Å²) < 4.78 is 0. The van der Waals surface area contributed by atoms with Crippen LogP contribution in [-0.4, -0.2) is 17.8 Å². The minimum Gasteiger partial charge on any atom is -0.352 e. The van der Waals surface area contributed by atoms with Crippen LogP contribution in [0.3, 0.4) is 0 Å². The molecule has 19 heavy (non-hydrogen) atoms. The number of halogens is 3. The molecule has 0 aromatic heterocycles. The summed E-state index contributed by atoms with van der Waals surface area (Å²) in [7, 11) is 0. The number of carbonyl (C=O) groups is 1. The smallest absolute Gasteiger partial charge is 0.252 e. The molecular weight excluding hydrogens is 305 g/mol. The number of hydrogen-bond donors (Lipinski definition) is 1. The lowest BCUT2D eigenvalue weighted by Crippen LogP contribution is -2.34. The first-order valence-corrected chi connectivity index (χ1v) is 7.65. The average molecular weight is 321 g/mol. The van der Waals surface area contributed by atoms with Crippen molar-refractivity contribution in [2.24, 2.45) is 5.92 Å². The van der Waals surface area contributed by atoms with Crippen LogP contribution in [-0.2, 0) is 0 Å². The van der Waals surface area contributed by atoms with E-state index < -0.39 is 0 Å². The van der Waals surface area contributed by atoms with Gasteiger partial charge in [0.2, 0.25) is 0 Å². The third-order valence-electron chi connectivity index (χ3n) is 3.54. The first kappa shape index (κ1) is 15.0. The normalized spacial score (nSPS) is 23.1. The van der Waals surface area contributed by atoms with Crippen LogP contribution in [0.2, 0.25) is 10.0 Å². The molecule has 0 aliphatic heterocycles. The molecule has 2 nitrogen and oxygen atoms in total. The Morgan fingerprint density at radius 3 is 2.74 bits per heavy atom. The molecule has 1 aliphatic rings. The zero-order valence-electron chi connectivity index (χ0n) is 10.5. The Kier molecular flexibility index (Phi) is 5.37. The van der Waals surface area contributed by atoms with Crippen molar-refractivity contribution in [2.45, 2.75) is 31.1 Å². The molecule has 0 spiro atoms. The van der Waals surface area contributed by atoms with Gasteiger partial charge in [-0.05, 0) is 30.9 Å². The molecule has 5 heteroatoms. The van der Waals surface area contributed by atoms with Gasteiger partial charge < -0.3 is 5.32 Å². The van der Waals surface area contributed by atoms with Crippen LogP contribution in [0.5, 0.6) is 0 Å². The fourth-order valence-electron chi connectivity index (χ4n) is 2.39. The molecule has 0 bridgehead atoms. The van der Waals surface area contributed by atoms with Crippen molar-refractivity contribution in [3.63, 3.8) is 0 Å². The minimum atomic E-state index is -0.193. The monoisotopic (exact) mass is 319 g/mol. The van der Waals surface area contributed by atoms with Gasteiger partial charge in [-0.15, -0.1) is 11.6 Å². The number of carbonyl (C=O) groups excluding carboxylic acids is 1. The Morgan fingerprint density at radius 1 is 1.26 bits per heavy atom. The highest BCUT2D eigenvalue weighted by Crippen LogP contribution is 2.29. The molecule has 1 amide bonds. The summed E-state index contributed by atoms with van der Waals surface area (Å²) in [6, 6.07) is 5.05. The van der Waals surface area contributed by atoms with Crippen molar-refractivity contribution in [3.8, 4) is 0 Å². The largest absolute Gasteiger partial charge is 0.352 e. The lowest BCUT2D eigenvalue weighted by Gasteiger charge is -2.27. The summed E-state index contributed by atoms with van der Waals surface area (Å²) in [4.78, 5) is 12.1. The minimum absolute atomic E-state index is 0.156. The molecule has 1 saturated carbocycles. The van der Waals surface area contributed by atoms with E-state index in [4.69, 9.17) is 34.8 Å². The number of amides is 1. The Bertz CT molecular complexity index is 464. The van der Waals surface area contributed by atoms with Crippen LogP contribution < -0.4 is 5.32 Å². The van der Waals surface area contributed by atoms with Crippen LogP contribution in [0, 0.1) is 5.92 Å². The molecule has 2 rings (SSSR count). The van der Waals surface area contributed by atoms with Gasteiger partial charge in [-0.3, -0.25) is 4.79 Å². The van der Waals surface area contributed by atoms with E-state index in [1.807, 2.05) is 0 Å². The SMILES string of the molecule is O=C(NCC1CCCCC1Cl)c1cccc(Cl)c1Cl. The quantitative estimate of drug-likeness (QED) is 0.815. The van der Waals surface area contributed by atoms with Crippen LogP contribution in [0.15, 0.2) is 18.2 Å². The van der Waals surface area contributed by atoms with Crippen molar-refractivity contribution in [1.82, 2.24) is 5.32 Å². The highest BCUT2D eigenvalue weighted by molar-refractivity contribution is 6.43. The maximum absolute atomic E-state index is 12.1. The highest BCUT2D eigenvalue weighted by Gasteiger charge is 2.24. The van der Waals surface area contributed by atoms with Gasteiger partial charge in [-0.1, -0.05) is 42.1 Å². The predicted molar refractivity (Wildman–Crippen MR) is 80.4 cm³/mol.